The number of carbonyl (C=O) groups is 2. The minimum atomic E-state index is -0.506. The van der Waals surface area contributed by atoms with Crippen LogP contribution in [0, 0.1) is 5.92 Å². The minimum absolute atomic E-state index is 0.00693. The average Bonchev–Trinajstić information content (AvgIpc) is 2.57. The minimum Gasteiger partial charge on any atom is -0.497 e. The van der Waals surface area contributed by atoms with Crippen molar-refractivity contribution in [2.75, 3.05) is 13.7 Å². The van der Waals surface area contributed by atoms with Gasteiger partial charge in [-0.05, 0) is 37.0 Å². The Hall–Kier alpha value is -2.04. The van der Waals surface area contributed by atoms with Crippen molar-refractivity contribution in [2.24, 2.45) is 5.92 Å². The van der Waals surface area contributed by atoms with Crippen molar-refractivity contribution in [1.29, 1.82) is 0 Å². The third-order valence-corrected chi connectivity index (χ3v) is 3.80. The van der Waals surface area contributed by atoms with Gasteiger partial charge in [-0.1, -0.05) is 32.9 Å². The van der Waals surface area contributed by atoms with Gasteiger partial charge in [0, 0.05) is 19.5 Å². The summed E-state index contributed by atoms with van der Waals surface area (Å²) in [4.78, 5) is 26.5. The van der Waals surface area contributed by atoms with Crippen LogP contribution < -0.4 is 10.1 Å². The predicted molar refractivity (Wildman–Crippen MR) is 95.8 cm³/mol. The van der Waals surface area contributed by atoms with Gasteiger partial charge in [-0.25, -0.2) is 0 Å². The molecule has 1 aromatic rings. The van der Waals surface area contributed by atoms with Crippen molar-refractivity contribution in [2.45, 2.75) is 53.1 Å². The standard InChI is InChI=1S/C19H30N2O3/c1-6-8-18(22)21(15(4)19(23)20-12-14(2)3)13-16-9-7-10-17(11-16)24-5/h7,9-11,14-15H,6,8,12-13H2,1-5H3,(H,20,23)/t15-/m1/s1. The molecule has 5 heteroatoms. The highest BCUT2D eigenvalue weighted by Gasteiger charge is 2.25. The van der Waals surface area contributed by atoms with Crippen LogP contribution in [0.2, 0.25) is 0 Å². The molecule has 0 bridgehead atoms. The van der Waals surface area contributed by atoms with E-state index >= 15 is 0 Å². The Kier molecular flexibility index (Phi) is 8.30. The Morgan fingerprint density at radius 2 is 1.96 bits per heavy atom. The van der Waals surface area contributed by atoms with E-state index in [4.69, 9.17) is 4.74 Å². The number of rotatable bonds is 9. The molecule has 0 fully saturated rings. The molecule has 5 nitrogen and oxygen atoms in total. The first-order valence-electron chi connectivity index (χ1n) is 8.59. The molecule has 0 saturated carbocycles. The molecule has 0 spiro atoms. The zero-order valence-electron chi connectivity index (χ0n) is 15.5. The molecule has 1 atom stereocenters. The fraction of sp³-hybridized carbons (Fsp3) is 0.579. The molecule has 0 unspecified atom stereocenters. The second-order valence-electron chi connectivity index (χ2n) is 6.44. The Labute approximate surface area is 145 Å². The van der Waals surface area contributed by atoms with Crippen LogP contribution >= 0.6 is 0 Å². The molecule has 0 aliphatic carbocycles. The fourth-order valence-corrected chi connectivity index (χ4v) is 2.36. The fourth-order valence-electron chi connectivity index (χ4n) is 2.36. The molecule has 1 aromatic carbocycles. The van der Waals surface area contributed by atoms with E-state index in [0.29, 0.717) is 25.4 Å². The third-order valence-electron chi connectivity index (χ3n) is 3.80. The number of carbonyl (C=O) groups excluding carboxylic acids is 2. The van der Waals surface area contributed by atoms with Crippen molar-refractivity contribution in [3.05, 3.63) is 29.8 Å². The van der Waals surface area contributed by atoms with Gasteiger partial charge >= 0.3 is 0 Å². The molecule has 134 valence electrons. The maximum Gasteiger partial charge on any atom is 0.242 e. The summed E-state index contributed by atoms with van der Waals surface area (Å²) >= 11 is 0. The molecule has 1 rings (SSSR count). The molecular weight excluding hydrogens is 304 g/mol. The molecule has 0 radical (unpaired) electrons. The van der Waals surface area contributed by atoms with E-state index in [1.807, 2.05) is 45.0 Å². The Morgan fingerprint density at radius 1 is 1.25 bits per heavy atom. The molecule has 0 aliphatic rings. The maximum absolute atomic E-state index is 12.5. The van der Waals surface area contributed by atoms with Crippen LogP contribution in [0.4, 0.5) is 0 Å². The van der Waals surface area contributed by atoms with E-state index < -0.39 is 6.04 Å². The van der Waals surface area contributed by atoms with Gasteiger partial charge in [-0.3, -0.25) is 9.59 Å². The number of ether oxygens (including phenoxy) is 1. The number of amides is 2. The van der Waals surface area contributed by atoms with Crippen LogP contribution in [0.5, 0.6) is 5.75 Å². The lowest BCUT2D eigenvalue weighted by molar-refractivity contribution is -0.140. The van der Waals surface area contributed by atoms with Gasteiger partial charge < -0.3 is 15.0 Å². The van der Waals surface area contributed by atoms with E-state index in [-0.39, 0.29) is 11.8 Å². The van der Waals surface area contributed by atoms with Crippen LogP contribution in [0.3, 0.4) is 0 Å². The van der Waals surface area contributed by atoms with E-state index in [1.165, 1.54) is 0 Å². The topological polar surface area (TPSA) is 58.6 Å². The number of hydrogen-bond donors (Lipinski definition) is 1. The summed E-state index contributed by atoms with van der Waals surface area (Å²) in [7, 11) is 1.61. The quantitative estimate of drug-likeness (QED) is 0.755. The molecule has 24 heavy (non-hydrogen) atoms. The summed E-state index contributed by atoms with van der Waals surface area (Å²) in [6, 6.07) is 7.08. The summed E-state index contributed by atoms with van der Waals surface area (Å²) in [6.07, 6.45) is 1.19. The first-order valence-corrected chi connectivity index (χ1v) is 8.59. The first kappa shape index (κ1) is 20.0. The van der Waals surface area contributed by atoms with Crippen LogP contribution in [-0.4, -0.2) is 36.4 Å². The van der Waals surface area contributed by atoms with Crippen LogP contribution in [0.15, 0.2) is 24.3 Å². The monoisotopic (exact) mass is 334 g/mol. The van der Waals surface area contributed by atoms with E-state index in [2.05, 4.69) is 5.32 Å². The first-order chi connectivity index (χ1) is 11.4. The normalized spacial score (nSPS) is 11.9. The van der Waals surface area contributed by atoms with E-state index in [9.17, 15) is 9.59 Å². The summed E-state index contributed by atoms with van der Waals surface area (Å²) in [5, 5.41) is 2.91. The molecule has 0 saturated heterocycles. The molecular formula is C19H30N2O3. The molecule has 1 N–H and O–H groups in total. The molecule has 0 aliphatic heterocycles. The van der Waals surface area contributed by atoms with Crippen molar-refractivity contribution in [3.63, 3.8) is 0 Å². The third kappa shape index (κ3) is 6.22. The number of benzene rings is 1. The van der Waals surface area contributed by atoms with E-state index in [1.54, 1.807) is 18.9 Å². The SMILES string of the molecule is CCCC(=O)N(Cc1cccc(OC)c1)[C@H](C)C(=O)NCC(C)C. The second-order valence-corrected chi connectivity index (χ2v) is 6.44. The van der Waals surface area contributed by atoms with Gasteiger partial charge in [-0.2, -0.15) is 0 Å². The van der Waals surface area contributed by atoms with Gasteiger partial charge in [0.1, 0.15) is 11.8 Å². The predicted octanol–water partition coefficient (Wildman–Crippen LogP) is 2.98. The Balaban J connectivity index is 2.90. The number of nitrogens with one attached hydrogen (secondary N) is 1. The summed E-state index contributed by atoms with van der Waals surface area (Å²) in [5.74, 6) is 0.996. The van der Waals surface area contributed by atoms with Crippen molar-refractivity contribution < 1.29 is 14.3 Å². The van der Waals surface area contributed by atoms with E-state index in [0.717, 1.165) is 17.7 Å². The summed E-state index contributed by atoms with van der Waals surface area (Å²) in [6.45, 7) is 8.83. The maximum atomic E-state index is 12.5. The lowest BCUT2D eigenvalue weighted by atomic mass is 10.1. The summed E-state index contributed by atoms with van der Waals surface area (Å²) < 4.78 is 5.23. The molecule has 2 amide bonds. The van der Waals surface area contributed by atoms with Crippen LogP contribution in [0.25, 0.3) is 0 Å². The van der Waals surface area contributed by atoms with Crippen molar-refractivity contribution in [1.82, 2.24) is 10.2 Å². The zero-order chi connectivity index (χ0) is 18.1. The molecule has 0 heterocycles. The highest BCUT2D eigenvalue weighted by atomic mass is 16.5. The second kappa shape index (κ2) is 9.96. The highest BCUT2D eigenvalue weighted by molar-refractivity contribution is 5.87. The number of hydrogen-bond acceptors (Lipinski definition) is 3. The largest absolute Gasteiger partial charge is 0.497 e. The highest BCUT2D eigenvalue weighted by Crippen LogP contribution is 2.17. The van der Waals surface area contributed by atoms with Crippen molar-refractivity contribution in [3.8, 4) is 5.75 Å². The van der Waals surface area contributed by atoms with Gasteiger partial charge in [0.25, 0.3) is 0 Å². The lowest BCUT2D eigenvalue weighted by Crippen LogP contribution is -2.48. The van der Waals surface area contributed by atoms with Gasteiger partial charge in [0.15, 0.2) is 0 Å². The van der Waals surface area contributed by atoms with Crippen LogP contribution in [-0.2, 0) is 16.1 Å². The smallest absolute Gasteiger partial charge is 0.242 e. The lowest BCUT2D eigenvalue weighted by Gasteiger charge is -2.29. The van der Waals surface area contributed by atoms with Gasteiger partial charge in [-0.15, -0.1) is 0 Å². The Bertz CT molecular complexity index is 543. The number of nitrogens with zero attached hydrogens (tertiary/aromatic N) is 1. The Morgan fingerprint density at radius 3 is 2.54 bits per heavy atom. The van der Waals surface area contributed by atoms with Crippen molar-refractivity contribution >= 4 is 11.8 Å². The molecule has 0 aromatic heterocycles. The van der Waals surface area contributed by atoms with Crippen LogP contribution in [0.1, 0.15) is 46.1 Å². The zero-order valence-corrected chi connectivity index (χ0v) is 15.5. The summed E-state index contributed by atoms with van der Waals surface area (Å²) in [5.41, 5.74) is 0.947. The number of methoxy groups -OCH3 is 1. The van der Waals surface area contributed by atoms with Gasteiger partial charge in [0.2, 0.25) is 11.8 Å². The average molecular weight is 334 g/mol. The van der Waals surface area contributed by atoms with Gasteiger partial charge in [0.05, 0.1) is 7.11 Å².